The maximum Gasteiger partial charge on any atom is 0.0612 e. The van der Waals surface area contributed by atoms with Crippen molar-refractivity contribution in [1.29, 1.82) is 0 Å². The maximum atomic E-state index is 5.97. The molecule has 16 heavy (non-hydrogen) atoms. The standard InChI is InChI=1S/C11H14Cl2N2.ClH/c12-8-5-4-7(6-9(8)13)15-11-3-1-2-10(11)14;/h4-6,10-11,15H,1-3,14H2;1H/t10-,11-;/m1./s1. The molecule has 1 saturated carbocycles. The van der Waals surface area contributed by atoms with Crippen molar-refractivity contribution in [3.8, 4) is 0 Å². The number of halogens is 3. The Bertz CT molecular complexity index is 357. The molecule has 0 spiro atoms. The molecule has 0 unspecified atom stereocenters. The van der Waals surface area contributed by atoms with Crippen LogP contribution in [0.2, 0.25) is 10.0 Å². The summed E-state index contributed by atoms with van der Waals surface area (Å²) >= 11 is 11.8. The van der Waals surface area contributed by atoms with E-state index in [1.54, 1.807) is 6.07 Å². The summed E-state index contributed by atoms with van der Waals surface area (Å²) in [6.07, 6.45) is 3.42. The SMILES string of the molecule is Cl.N[C@@H]1CCC[C@H]1Nc1ccc(Cl)c(Cl)c1. The van der Waals surface area contributed by atoms with Crippen molar-refractivity contribution >= 4 is 41.3 Å². The van der Waals surface area contributed by atoms with E-state index in [0.717, 1.165) is 18.5 Å². The number of hydrogen-bond acceptors (Lipinski definition) is 2. The van der Waals surface area contributed by atoms with Gasteiger partial charge in [-0.15, -0.1) is 12.4 Å². The van der Waals surface area contributed by atoms with Gasteiger partial charge < -0.3 is 11.1 Å². The Kier molecular flexibility index (Phi) is 5.19. The van der Waals surface area contributed by atoms with Gasteiger partial charge in [0.05, 0.1) is 10.0 Å². The lowest BCUT2D eigenvalue weighted by Crippen LogP contribution is -2.35. The highest BCUT2D eigenvalue weighted by Gasteiger charge is 2.23. The van der Waals surface area contributed by atoms with Crippen molar-refractivity contribution in [1.82, 2.24) is 0 Å². The largest absolute Gasteiger partial charge is 0.381 e. The third kappa shape index (κ3) is 3.17. The Labute approximate surface area is 112 Å². The fraction of sp³-hybridized carbons (Fsp3) is 0.455. The normalized spacial score (nSPS) is 23.9. The molecule has 0 amide bonds. The average Bonchev–Trinajstić information content (AvgIpc) is 2.59. The van der Waals surface area contributed by atoms with Crippen LogP contribution >= 0.6 is 35.6 Å². The van der Waals surface area contributed by atoms with E-state index in [9.17, 15) is 0 Å². The molecular formula is C11H15Cl3N2. The molecular weight excluding hydrogens is 266 g/mol. The lowest BCUT2D eigenvalue weighted by atomic mass is 10.2. The van der Waals surface area contributed by atoms with Crippen LogP contribution in [-0.2, 0) is 0 Å². The minimum atomic E-state index is 0. The third-order valence-electron chi connectivity index (χ3n) is 2.84. The second-order valence-corrected chi connectivity index (χ2v) is 4.79. The van der Waals surface area contributed by atoms with Gasteiger partial charge in [0.1, 0.15) is 0 Å². The first-order valence-corrected chi connectivity index (χ1v) is 5.89. The molecule has 1 aromatic rings. The van der Waals surface area contributed by atoms with Gasteiger partial charge in [0.15, 0.2) is 0 Å². The van der Waals surface area contributed by atoms with Gasteiger partial charge in [0.25, 0.3) is 0 Å². The van der Waals surface area contributed by atoms with Crippen LogP contribution < -0.4 is 11.1 Å². The van der Waals surface area contributed by atoms with Crippen LogP contribution in [0.15, 0.2) is 18.2 Å². The van der Waals surface area contributed by atoms with Crippen LogP contribution in [0.25, 0.3) is 0 Å². The van der Waals surface area contributed by atoms with E-state index in [0.29, 0.717) is 16.1 Å². The zero-order valence-electron chi connectivity index (χ0n) is 8.75. The Morgan fingerprint density at radius 2 is 1.94 bits per heavy atom. The van der Waals surface area contributed by atoms with Crippen LogP contribution in [0.1, 0.15) is 19.3 Å². The summed E-state index contributed by atoms with van der Waals surface area (Å²) in [7, 11) is 0. The van der Waals surface area contributed by atoms with Gasteiger partial charge in [-0.2, -0.15) is 0 Å². The van der Waals surface area contributed by atoms with Crippen molar-refractivity contribution in [3.05, 3.63) is 28.2 Å². The van der Waals surface area contributed by atoms with Gasteiger partial charge in [0, 0.05) is 17.8 Å². The summed E-state index contributed by atoms with van der Waals surface area (Å²) < 4.78 is 0. The fourth-order valence-corrected chi connectivity index (χ4v) is 2.27. The molecule has 0 bridgehead atoms. The lowest BCUT2D eigenvalue weighted by molar-refractivity contribution is 0.638. The first kappa shape index (κ1) is 13.9. The molecule has 5 heteroatoms. The molecule has 1 aliphatic rings. The molecule has 1 fully saturated rings. The molecule has 0 radical (unpaired) electrons. The van der Waals surface area contributed by atoms with Crippen LogP contribution in [-0.4, -0.2) is 12.1 Å². The zero-order chi connectivity index (χ0) is 10.8. The quantitative estimate of drug-likeness (QED) is 0.867. The Morgan fingerprint density at radius 1 is 1.19 bits per heavy atom. The van der Waals surface area contributed by atoms with E-state index >= 15 is 0 Å². The lowest BCUT2D eigenvalue weighted by Gasteiger charge is -2.18. The van der Waals surface area contributed by atoms with E-state index in [1.807, 2.05) is 12.1 Å². The highest BCUT2D eigenvalue weighted by atomic mass is 35.5. The fourth-order valence-electron chi connectivity index (χ4n) is 1.97. The van der Waals surface area contributed by atoms with Gasteiger partial charge in [-0.3, -0.25) is 0 Å². The van der Waals surface area contributed by atoms with Crippen molar-refractivity contribution in [2.75, 3.05) is 5.32 Å². The van der Waals surface area contributed by atoms with E-state index < -0.39 is 0 Å². The van der Waals surface area contributed by atoms with E-state index in [-0.39, 0.29) is 18.4 Å². The molecule has 2 nitrogen and oxygen atoms in total. The molecule has 0 heterocycles. The molecule has 0 saturated heterocycles. The minimum absolute atomic E-state index is 0. The summed E-state index contributed by atoms with van der Waals surface area (Å²) in [5.41, 5.74) is 6.97. The number of anilines is 1. The highest BCUT2D eigenvalue weighted by molar-refractivity contribution is 6.42. The Morgan fingerprint density at radius 3 is 2.50 bits per heavy atom. The number of nitrogens with two attached hydrogens (primary N) is 1. The topological polar surface area (TPSA) is 38.0 Å². The van der Waals surface area contributed by atoms with Gasteiger partial charge in [-0.1, -0.05) is 23.2 Å². The van der Waals surface area contributed by atoms with Crippen LogP contribution in [0.3, 0.4) is 0 Å². The van der Waals surface area contributed by atoms with Crippen LogP contribution in [0.4, 0.5) is 5.69 Å². The smallest absolute Gasteiger partial charge is 0.0612 e. The summed E-state index contributed by atoms with van der Waals surface area (Å²) in [6, 6.07) is 6.18. The summed E-state index contributed by atoms with van der Waals surface area (Å²) in [6.45, 7) is 0. The molecule has 90 valence electrons. The van der Waals surface area contributed by atoms with Crippen molar-refractivity contribution in [2.45, 2.75) is 31.3 Å². The molecule has 0 aliphatic heterocycles. The second-order valence-electron chi connectivity index (χ2n) is 3.97. The Balaban J connectivity index is 0.00000128. The van der Waals surface area contributed by atoms with Crippen molar-refractivity contribution < 1.29 is 0 Å². The number of benzene rings is 1. The molecule has 2 atom stereocenters. The molecule has 3 N–H and O–H groups in total. The zero-order valence-corrected chi connectivity index (χ0v) is 11.1. The van der Waals surface area contributed by atoms with Gasteiger partial charge >= 0.3 is 0 Å². The Hall–Kier alpha value is -0.150. The molecule has 0 aromatic heterocycles. The minimum Gasteiger partial charge on any atom is -0.381 e. The molecule has 1 aliphatic carbocycles. The molecule has 1 aromatic carbocycles. The highest BCUT2D eigenvalue weighted by Crippen LogP contribution is 2.27. The summed E-state index contributed by atoms with van der Waals surface area (Å²) in [4.78, 5) is 0. The predicted molar refractivity (Wildman–Crippen MR) is 72.9 cm³/mol. The third-order valence-corrected chi connectivity index (χ3v) is 3.58. The van der Waals surface area contributed by atoms with Crippen molar-refractivity contribution in [2.24, 2.45) is 5.73 Å². The summed E-state index contributed by atoms with van der Waals surface area (Å²) in [5.74, 6) is 0. The van der Waals surface area contributed by atoms with Crippen molar-refractivity contribution in [3.63, 3.8) is 0 Å². The van der Waals surface area contributed by atoms with Gasteiger partial charge in [0.2, 0.25) is 0 Å². The van der Waals surface area contributed by atoms with E-state index in [1.165, 1.54) is 6.42 Å². The van der Waals surface area contributed by atoms with Gasteiger partial charge in [-0.25, -0.2) is 0 Å². The first-order valence-electron chi connectivity index (χ1n) is 5.14. The van der Waals surface area contributed by atoms with E-state index in [2.05, 4.69) is 5.32 Å². The van der Waals surface area contributed by atoms with Crippen LogP contribution in [0, 0.1) is 0 Å². The molecule has 2 rings (SSSR count). The second kappa shape index (κ2) is 5.97. The first-order chi connectivity index (χ1) is 7.16. The van der Waals surface area contributed by atoms with Crippen LogP contribution in [0.5, 0.6) is 0 Å². The predicted octanol–water partition coefficient (Wildman–Crippen LogP) is 3.71. The number of hydrogen-bond donors (Lipinski definition) is 2. The average molecular weight is 282 g/mol. The van der Waals surface area contributed by atoms with Gasteiger partial charge in [-0.05, 0) is 37.5 Å². The monoisotopic (exact) mass is 280 g/mol. The maximum absolute atomic E-state index is 5.97. The van der Waals surface area contributed by atoms with E-state index in [4.69, 9.17) is 28.9 Å². The number of nitrogens with one attached hydrogen (secondary N) is 1. The summed E-state index contributed by atoms with van der Waals surface area (Å²) in [5, 5.41) is 4.55. The number of rotatable bonds is 2.